The van der Waals surface area contributed by atoms with Gasteiger partial charge in [-0.05, 0) is 57.3 Å². The molecule has 0 amide bonds. The molecule has 1 atom stereocenters. The molecule has 1 rings (SSSR count). The number of benzene rings is 1. The Hall–Kier alpha value is 0.180. The van der Waals surface area contributed by atoms with Crippen molar-refractivity contribution in [2.24, 2.45) is 5.73 Å². The van der Waals surface area contributed by atoms with Crippen molar-refractivity contribution >= 4 is 45.2 Å². The van der Waals surface area contributed by atoms with E-state index in [4.69, 9.17) is 5.73 Å². The van der Waals surface area contributed by atoms with E-state index in [1.54, 1.807) is 6.08 Å². The Morgan fingerprint density at radius 1 is 1.46 bits per heavy atom. The zero-order chi connectivity index (χ0) is 10.0. The second-order valence-corrected chi connectivity index (χ2v) is 4.99. The molecule has 0 aromatic heterocycles. The molecule has 4 heteroatoms. The van der Waals surface area contributed by atoms with E-state index < -0.39 is 0 Å². The van der Waals surface area contributed by atoms with Crippen molar-refractivity contribution in [3.63, 3.8) is 0 Å². The first-order valence-electron chi connectivity index (χ1n) is 3.62. The summed E-state index contributed by atoms with van der Waals surface area (Å²) in [6.07, 6.45) is 1.61. The lowest BCUT2D eigenvalue weighted by atomic mass is 10.1. The Balaban J connectivity index is 3.27. The van der Waals surface area contributed by atoms with Crippen LogP contribution in [0.3, 0.4) is 0 Å². The summed E-state index contributed by atoms with van der Waals surface area (Å²) in [5.74, 6) is 0.258. The third-order valence-electron chi connectivity index (χ3n) is 1.67. The molecular formula is C9H9I2NO. The lowest BCUT2D eigenvalue weighted by Gasteiger charge is -2.10. The number of aromatic hydroxyl groups is 1. The highest BCUT2D eigenvalue weighted by Crippen LogP contribution is 2.30. The topological polar surface area (TPSA) is 46.2 Å². The highest BCUT2D eigenvalue weighted by molar-refractivity contribution is 14.1. The normalized spacial score (nSPS) is 12.5. The largest absolute Gasteiger partial charge is 0.506 e. The van der Waals surface area contributed by atoms with Crippen molar-refractivity contribution < 1.29 is 5.11 Å². The summed E-state index contributed by atoms with van der Waals surface area (Å²) < 4.78 is 1.88. The molecule has 0 aliphatic rings. The second-order valence-electron chi connectivity index (χ2n) is 2.59. The number of phenols is 1. The van der Waals surface area contributed by atoms with Crippen LogP contribution in [-0.4, -0.2) is 5.11 Å². The molecule has 0 radical (unpaired) electrons. The lowest BCUT2D eigenvalue weighted by molar-refractivity contribution is 0.462. The molecule has 70 valence electrons. The van der Waals surface area contributed by atoms with Gasteiger partial charge in [0.2, 0.25) is 0 Å². The Labute approximate surface area is 104 Å². The van der Waals surface area contributed by atoms with Gasteiger partial charge in [-0.1, -0.05) is 6.08 Å². The van der Waals surface area contributed by atoms with Gasteiger partial charge < -0.3 is 10.8 Å². The van der Waals surface area contributed by atoms with Gasteiger partial charge in [-0.2, -0.15) is 0 Å². The number of hydrogen-bond acceptors (Lipinski definition) is 2. The smallest absolute Gasteiger partial charge is 0.134 e. The third kappa shape index (κ3) is 2.57. The van der Waals surface area contributed by atoms with Crippen LogP contribution in [0.5, 0.6) is 5.75 Å². The molecule has 0 saturated carbocycles. The Morgan fingerprint density at radius 3 is 2.62 bits per heavy atom. The molecule has 0 unspecified atom stereocenters. The van der Waals surface area contributed by atoms with E-state index in [9.17, 15) is 5.11 Å². The van der Waals surface area contributed by atoms with E-state index in [-0.39, 0.29) is 11.8 Å². The maximum Gasteiger partial charge on any atom is 0.134 e. The van der Waals surface area contributed by atoms with Crippen LogP contribution < -0.4 is 5.73 Å². The molecule has 1 aromatic carbocycles. The minimum atomic E-state index is -0.303. The van der Waals surface area contributed by atoms with E-state index in [2.05, 4.69) is 51.8 Å². The van der Waals surface area contributed by atoms with Gasteiger partial charge >= 0.3 is 0 Å². The average molecular weight is 401 g/mol. The minimum Gasteiger partial charge on any atom is -0.506 e. The summed E-state index contributed by atoms with van der Waals surface area (Å²) in [4.78, 5) is 0. The van der Waals surface area contributed by atoms with E-state index in [1.807, 2.05) is 12.1 Å². The minimum absolute atomic E-state index is 0.258. The van der Waals surface area contributed by atoms with Gasteiger partial charge in [0.15, 0.2) is 0 Å². The highest BCUT2D eigenvalue weighted by Gasteiger charge is 2.11. The maximum absolute atomic E-state index is 9.68. The quantitative estimate of drug-likeness (QED) is 0.592. The molecule has 1 aromatic rings. The number of rotatable bonds is 2. The standard InChI is InChI=1S/C9H9I2NO/c1-2-8(12)6-3-5(10)4-7(11)9(6)13/h2-4,8,13H,1,12H2/t8-/m0/s1. The fourth-order valence-electron chi connectivity index (χ4n) is 0.967. The number of hydrogen-bond donors (Lipinski definition) is 2. The van der Waals surface area contributed by atoms with Crippen molar-refractivity contribution in [1.82, 2.24) is 0 Å². The monoisotopic (exact) mass is 401 g/mol. The van der Waals surface area contributed by atoms with Crippen LogP contribution in [0.25, 0.3) is 0 Å². The van der Waals surface area contributed by atoms with Gasteiger partial charge in [0.25, 0.3) is 0 Å². The summed E-state index contributed by atoms with van der Waals surface area (Å²) in [7, 11) is 0. The molecule has 0 aliphatic heterocycles. The lowest BCUT2D eigenvalue weighted by Crippen LogP contribution is -2.07. The van der Waals surface area contributed by atoms with Crippen molar-refractivity contribution in [1.29, 1.82) is 0 Å². The van der Waals surface area contributed by atoms with Crippen LogP contribution >= 0.6 is 45.2 Å². The molecule has 0 fully saturated rings. The van der Waals surface area contributed by atoms with Crippen LogP contribution in [0, 0.1) is 7.14 Å². The molecule has 0 heterocycles. The van der Waals surface area contributed by atoms with E-state index >= 15 is 0 Å². The Morgan fingerprint density at radius 2 is 2.08 bits per heavy atom. The SMILES string of the molecule is C=C[C@H](N)c1cc(I)cc(I)c1O. The van der Waals surface area contributed by atoms with Crippen molar-refractivity contribution in [2.45, 2.75) is 6.04 Å². The van der Waals surface area contributed by atoms with Crippen LogP contribution in [0.4, 0.5) is 0 Å². The van der Waals surface area contributed by atoms with Gasteiger partial charge in [0, 0.05) is 9.13 Å². The third-order valence-corrected chi connectivity index (χ3v) is 3.12. The molecule has 0 aliphatic carbocycles. The van der Waals surface area contributed by atoms with Crippen molar-refractivity contribution in [3.8, 4) is 5.75 Å². The van der Waals surface area contributed by atoms with Crippen LogP contribution in [0.2, 0.25) is 0 Å². The summed E-state index contributed by atoms with van der Waals surface area (Å²) in [5, 5.41) is 9.68. The van der Waals surface area contributed by atoms with Crippen LogP contribution in [0.15, 0.2) is 24.8 Å². The first-order valence-corrected chi connectivity index (χ1v) is 5.78. The number of nitrogens with two attached hydrogens (primary N) is 1. The number of halogens is 2. The number of phenolic OH excluding ortho intramolecular Hbond substituents is 1. The van der Waals surface area contributed by atoms with E-state index in [0.29, 0.717) is 0 Å². The van der Waals surface area contributed by atoms with Crippen molar-refractivity contribution in [2.75, 3.05) is 0 Å². The molecule has 3 N–H and O–H groups in total. The van der Waals surface area contributed by atoms with Crippen LogP contribution in [-0.2, 0) is 0 Å². The molecule has 13 heavy (non-hydrogen) atoms. The van der Waals surface area contributed by atoms with E-state index in [1.165, 1.54) is 0 Å². The van der Waals surface area contributed by atoms with Gasteiger partial charge in [-0.15, -0.1) is 6.58 Å². The molecular weight excluding hydrogens is 392 g/mol. The summed E-state index contributed by atoms with van der Waals surface area (Å²) in [6, 6.07) is 3.46. The first-order chi connectivity index (χ1) is 6.06. The zero-order valence-electron chi connectivity index (χ0n) is 6.80. The zero-order valence-corrected chi connectivity index (χ0v) is 11.1. The Bertz CT molecular complexity index is 339. The highest BCUT2D eigenvalue weighted by atomic mass is 127. The molecule has 0 bridgehead atoms. The Kier molecular flexibility index (Phi) is 3.99. The van der Waals surface area contributed by atoms with Gasteiger partial charge in [-0.3, -0.25) is 0 Å². The maximum atomic E-state index is 9.68. The predicted octanol–water partition coefficient (Wildman–Crippen LogP) is 2.79. The van der Waals surface area contributed by atoms with Crippen LogP contribution in [0.1, 0.15) is 11.6 Å². The summed E-state index contributed by atoms with van der Waals surface area (Å²) >= 11 is 4.27. The van der Waals surface area contributed by atoms with Crippen molar-refractivity contribution in [3.05, 3.63) is 37.5 Å². The fourth-order valence-corrected chi connectivity index (χ4v) is 2.86. The predicted molar refractivity (Wildman–Crippen MR) is 70.7 cm³/mol. The average Bonchev–Trinajstić information content (AvgIpc) is 2.10. The molecule has 0 spiro atoms. The molecule has 2 nitrogen and oxygen atoms in total. The summed E-state index contributed by atoms with van der Waals surface area (Å²) in [5.41, 5.74) is 6.48. The van der Waals surface area contributed by atoms with Gasteiger partial charge in [0.05, 0.1) is 9.61 Å². The molecule has 0 saturated heterocycles. The summed E-state index contributed by atoms with van der Waals surface area (Å²) in [6.45, 7) is 3.60. The van der Waals surface area contributed by atoms with Gasteiger partial charge in [0.1, 0.15) is 5.75 Å². The first kappa shape index (κ1) is 11.3. The van der Waals surface area contributed by atoms with Gasteiger partial charge in [-0.25, -0.2) is 0 Å². The second kappa shape index (κ2) is 4.61. The van der Waals surface area contributed by atoms with E-state index in [0.717, 1.165) is 12.7 Å². The fraction of sp³-hybridized carbons (Fsp3) is 0.111.